The molecule has 19 heavy (non-hydrogen) atoms. The van der Waals surface area contributed by atoms with Crippen LogP contribution < -0.4 is 15.8 Å². The fraction of sp³-hybridized carbons (Fsp3) is 0.182. The fourth-order valence-electron chi connectivity index (χ4n) is 1.53. The maximum Gasteiger partial charge on any atom is 0.242 e. The van der Waals surface area contributed by atoms with Crippen LogP contribution in [0, 0.1) is 0 Å². The summed E-state index contributed by atoms with van der Waals surface area (Å²) in [5.41, 5.74) is 6.54. The van der Waals surface area contributed by atoms with Gasteiger partial charge in [0.05, 0.1) is 12.2 Å². The van der Waals surface area contributed by atoms with E-state index in [1.54, 1.807) is 18.3 Å². The summed E-state index contributed by atoms with van der Waals surface area (Å²) < 4.78 is 26.1. The second kappa shape index (κ2) is 5.55. The summed E-state index contributed by atoms with van der Waals surface area (Å²) in [5, 5.41) is 5.80. The molecule has 0 atom stereocenters. The molecule has 0 saturated heterocycles. The molecule has 0 radical (unpaired) electrons. The van der Waals surface area contributed by atoms with Crippen LogP contribution in [0.15, 0.2) is 34.7 Å². The van der Waals surface area contributed by atoms with Gasteiger partial charge in [0, 0.05) is 17.3 Å². The van der Waals surface area contributed by atoms with Gasteiger partial charge in [0.15, 0.2) is 0 Å². The van der Waals surface area contributed by atoms with Gasteiger partial charge in [-0.3, -0.25) is 0 Å². The summed E-state index contributed by atoms with van der Waals surface area (Å²) in [5.74, 6) is 0. The van der Waals surface area contributed by atoms with Crippen LogP contribution in [0.1, 0.15) is 5.01 Å². The van der Waals surface area contributed by atoms with E-state index in [1.165, 1.54) is 24.5 Å². The van der Waals surface area contributed by atoms with Crippen molar-refractivity contribution < 1.29 is 8.42 Å². The number of nitrogens with one attached hydrogen (secondary N) is 2. The Kier molecular flexibility index (Phi) is 4.03. The van der Waals surface area contributed by atoms with E-state index in [1.807, 2.05) is 5.38 Å². The van der Waals surface area contributed by atoms with Crippen molar-refractivity contribution in [1.82, 2.24) is 9.71 Å². The molecule has 1 heterocycles. The number of nitrogens with zero attached hydrogens (tertiary/aromatic N) is 1. The smallest absolute Gasteiger partial charge is 0.242 e. The van der Waals surface area contributed by atoms with Gasteiger partial charge in [-0.2, -0.15) is 0 Å². The Morgan fingerprint density at radius 2 is 2.21 bits per heavy atom. The Morgan fingerprint density at radius 3 is 2.84 bits per heavy atom. The first-order valence-electron chi connectivity index (χ1n) is 5.48. The minimum absolute atomic E-state index is 0.131. The average Bonchev–Trinajstić information content (AvgIpc) is 2.90. The van der Waals surface area contributed by atoms with Crippen LogP contribution in [0.4, 0.5) is 11.4 Å². The molecule has 6 nitrogen and oxygen atoms in total. The molecule has 2 aromatic rings. The first-order chi connectivity index (χ1) is 9.03. The monoisotopic (exact) mass is 298 g/mol. The second-order valence-corrected chi connectivity index (χ2v) is 6.58. The van der Waals surface area contributed by atoms with Gasteiger partial charge in [0.1, 0.15) is 9.90 Å². The van der Waals surface area contributed by atoms with Crippen molar-refractivity contribution in [1.29, 1.82) is 0 Å². The van der Waals surface area contributed by atoms with Gasteiger partial charge in [0.25, 0.3) is 0 Å². The van der Waals surface area contributed by atoms with E-state index in [4.69, 9.17) is 5.73 Å². The van der Waals surface area contributed by atoms with Crippen LogP contribution in [-0.4, -0.2) is 20.4 Å². The van der Waals surface area contributed by atoms with Crippen molar-refractivity contribution in [2.24, 2.45) is 0 Å². The summed E-state index contributed by atoms with van der Waals surface area (Å²) in [4.78, 5) is 4.26. The number of nitrogens with two attached hydrogens (primary N) is 1. The number of anilines is 2. The van der Waals surface area contributed by atoms with Crippen LogP contribution in [0.3, 0.4) is 0 Å². The molecule has 4 N–H and O–H groups in total. The molecule has 102 valence electrons. The Hall–Kier alpha value is -1.64. The first-order valence-corrected chi connectivity index (χ1v) is 7.84. The molecule has 0 aliphatic rings. The summed E-state index contributed by atoms with van der Waals surface area (Å²) in [6.45, 7) is 0.466. The van der Waals surface area contributed by atoms with Gasteiger partial charge in [-0.1, -0.05) is 0 Å². The number of hydrogen-bond acceptors (Lipinski definition) is 6. The van der Waals surface area contributed by atoms with Gasteiger partial charge in [-0.15, -0.1) is 11.3 Å². The lowest BCUT2D eigenvalue weighted by atomic mass is 10.3. The SMILES string of the molecule is CNS(=O)(=O)c1cc(N)ccc1NCc1nccs1. The van der Waals surface area contributed by atoms with E-state index in [0.717, 1.165) is 5.01 Å². The molecule has 0 spiro atoms. The summed E-state index contributed by atoms with van der Waals surface area (Å²) in [6, 6.07) is 4.72. The van der Waals surface area contributed by atoms with E-state index in [-0.39, 0.29) is 4.90 Å². The molecule has 0 aliphatic heterocycles. The van der Waals surface area contributed by atoms with Gasteiger partial charge in [-0.25, -0.2) is 18.1 Å². The van der Waals surface area contributed by atoms with E-state index in [2.05, 4.69) is 15.0 Å². The number of rotatable bonds is 5. The largest absolute Gasteiger partial charge is 0.399 e. The molecule has 0 aliphatic carbocycles. The van der Waals surface area contributed by atoms with E-state index >= 15 is 0 Å². The van der Waals surface area contributed by atoms with Crippen LogP contribution >= 0.6 is 11.3 Å². The highest BCUT2D eigenvalue weighted by Gasteiger charge is 2.17. The number of benzene rings is 1. The summed E-state index contributed by atoms with van der Waals surface area (Å²) >= 11 is 1.50. The van der Waals surface area contributed by atoms with Crippen molar-refractivity contribution in [3.8, 4) is 0 Å². The van der Waals surface area contributed by atoms with E-state index in [9.17, 15) is 8.42 Å². The molecule has 0 amide bonds. The van der Waals surface area contributed by atoms with Crippen molar-refractivity contribution in [3.05, 3.63) is 34.8 Å². The van der Waals surface area contributed by atoms with Gasteiger partial charge < -0.3 is 11.1 Å². The normalized spacial score (nSPS) is 11.4. The molecular formula is C11H14N4O2S2. The van der Waals surface area contributed by atoms with Crippen LogP contribution in [-0.2, 0) is 16.6 Å². The highest BCUT2D eigenvalue weighted by atomic mass is 32.2. The maximum absolute atomic E-state index is 11.9. The molecule has 1 aromatic carbocycles. The van der Waals surface area contributed by atoms with E-state index < -0.39 is 10.0 Å². The number of sulfonamides is 1. The number of thiazole rings is 1. The highest BCUT2D eigenvalue weighted by molar-refractivity contribution is 7.89. The second-order valence-electron chi connectivity index (χ2n) is 3.74. The molecule has 1 aromatic heterocycles. The molecule has 2 rings (SSSR count). The minimum Gasteiger partial charge on any atom is -0.399 e. The fourth-order valence-corrected chi connectivity index (χ4v) is 3.03. The summed E-state index contributed by atoms with van der Waals surface area (Å²) in [7, 11) is -2.19. The topological polar surface area (TPSA) is 97.1 Å². The Balaban J connectivity index is 2.30. The van der Waals surface area contributed by atoms with Crippen molar-refractivity contribution >= 4 is 32.7 Å². The van der Waals surface area contributed by atoms with Crippen molar-refractivity contribution in [2.45, 2.75) is 11.4 Å². The first kappa shape index (κ1) is 13.8. The predicted octanol–water partition coefficient (Wildman–Crippen LogP) is 1.25. The molecular weight excluding hydrogens is 284 g/mol. The molecule has 0 bridgehead atoms. The minimum atomic E-state index is -3.55. The zero-order valence-electron chi connectivity index (χ0n) is 10.3. The average molecular weight is 298 g/mol. The van der Waals surface area contributed by atoms with Gasteiger partial charge in [0.2, 0.25) is 10.0 Å². The number of hydrogen-bond donors (Lipinski definition) is 3. The van der Waals surface area contributed by atoms with E-state index in [0.29, 0.717) is 17.9 Å². The summed E-state index contributed by atoms with van der Waals surface area (Å²) in [6.07, 6.45) is 1.70. The van der Waals surface area contributed by atoms with Crippen LogP contribution in [0.5, 0.6) is 0 Å². The lowest BCUT2D eigenvalue weighted by Crippen LogP contribution is -2.20. The molecule has 0 saturated carbocycles. The third kappa shape index (κ3) is 3.22. The van der Waals surface area contributed by atoms with Crippen molar-refractivity contribution in [3.63, 3.8) is 0 Å². The van der Waals surface area contributed by atoms with Gasteiger partial charge in [-0.05, 0) is 25.2 Å². The quantitative estimate of drug-likeness (QED) is 0.722. The third-order valence-electron chi connectivity index (χ3n) is 2.48. The third-order valence-corrected chi connectivity index (χ3v) is 4.71. The van der Waals surface area contributed by atoms with Gasteiger partial charge >= 0.3 is 0 Å². The standard InChI is InChI=1S/C11H14N4O2S2/c1-13-19(16,17)10-6-8(12)2-3-9(10)15-7-11-14-4-5-18-11/h2-6,13,15H,7,12H2,1H3. The molecule has 0 unspecified atom stereocenters. The van der Waals surface area contributed by atoms with Crippen LogP contribution in [0.2, 0.25) is 0 Å². The Labute approximate surface area is 115 Å². The number of aromatic nitrogens is 1. The zero-order valence-corrected chi connectivity index (χ0v) is 11.9. The zero-order chi connectivity index (χ0) is 13.9. The number of nitrogen functional groups attached to an aromatic ring is 1. The van der Waals surface area contributed by atoms with Crippen molar-refractivity contribution in [2.75, 3.05) is 18.1 Å². The maximum atomic E-state index is 11.9. The lowest BCUT2D eigenvalue weighted by Gasteiger charge is -2.12. The predicted molar refractivity (Wildman–Crippen MR) is 76.5 cm³/mol. The Bertz CT molecular complexity index is 653. The highest BCUT2D eigenvalue weighted by Crippen LogP contribution is 2.24. The molecule has 8 heteroatoms. The van der Waals surface area contributed by atoms with Crippen LogP contribution in [0.25, 0.3) is 0 Å². The lowest BCUT2D eigenvalue weighted by molar-refractivity contribution is 0.588. The molecule has 0 fully saturated rings. The Morgan fingerprint density at radius 1 is 1.42 bits per heavy atom.